The molecule has 2 aromatic rings. The fourth-order valence-electron chi connectivity index (χ4n) is 2.15. The summed E-state index contributed by atoms with van der Waals surface area (Å²) in [6.45, 7) is 1.77. The van der Waals surface area contributed by atoms with Crippen molar-refractivity contribution in [2.45, 2.75) is 25.7 Å². The molecule has 20 heavy (non-hydrogen) atoms. The number of rotatable bonds is 3. The van der Waals surface area contributed by atoms with Crippen LogP contribution in [0.3, 0.4) is 0 Å². The number of carbonyl (C=O) groups is 1. The van der Waals surface area contributed by atoms with E-state index in [0.717, 1.165) is 24.2 Å². The van der Waals surface area contributed by atoms with E-state index in [9.17, 15) is 9.59 Å². The van der Waals surface area contributed by atoms with E-state index in [-0.39, 0.29) is 11.1 Å². The van der Waals surface area contributed by atoms with Gasteiger partial charge in [-0.3, -0.25) is 14.6 Å². The zero-order valence-corrected chi connectivity index (χ0v) is 11.1. The van der Waals surface area contributed by atoms with E-state index in [4.69, 9.17) is 0 Å². The molecule has 5 heteroatoms. The zero-order valence-electron chi connectivity index (χ0n) is 11.1. The van der Waals surface area contributed by atoms with Crippen molar-refractivity contribution in [3.05, 3.63) is 57.8 Å². The third-order valence-corrected chi connectivity index (χ3v) is 3.35. The maximum Gasteiger partial charge on any atom is 0.261 e. The monoisotopic (exact) mass is 269 g/mol. The summed E-state index contributed by atoms with van der Waals surface area (Å²) in [4.78, 5) is 30.9. The fraction of sp³-hybridized carbons (Fsp3) is 0.267. The second-order valence-corrected chi connectivity index (χ2v) is 5.05. The molecule has 1 aliphatic carbocycles. The third kappa shape index (κ3) is 2.47. The highest BCUT2D eigenvalue weighted by atomic mass is 16.2. The number of aromatic amines is 1. The van der Waals surface area contributed by atoms with Crippen molar-refractivity contribution in [3.63, 3.8) is 0 Å². The predicted molar refractivity (Wildman–Crippen MR) is 76.0 cm³/mol. The first-order chi connectivity index (χ1) is 9.65. The van der Waals surface area contributed by atoms with E-state index < -0.39 is 5.91 Å². The number of aromatic nitrogens is 2. The average Bonchev–Trinajstić information content (AvgIpc) is 3.23. The number of anilines is 1. The van der Waals surface area contributed by atoms with Gasteiger partial charge < -0.3 is 10.3 Å². The van der Waals surface area contributed by atoms with E-state index in [0.29, 0.717) is 11.6 Å². The Morgan fingerprint density at radius 2 is 2.15 bits per heavy atom. The van der Waals surface area contributed by atoms with Crippen LogP contribution < -0.4 is 10.9 Å². The summed E-state index contributed by atoms with van der Waals surface area (Å²) in [6, 6.07) is 6.85. The molecule has 1 fully saturated rings. The molecule has 0 aliphatic heterocycles. The molecule has 2 aromatic heterocycles. The van der Waals surface area contributed by atoms with Crippen molar-refractivity contribution in [2.24, 2.45) is 0 Å². The Morgan fingerprint density at radius 3 is 2.85 bits per heavy atom. The van der Waals surface area contributed by atoms with Crippen LogP contribution in [0, 0.1) is 6.92 Å². The molecule has 102 valence electrons. The molecule has 3 rings (SSSR count). The lowest BCUT2D eigenvalue weighted by atomic mass is 10.2. The number of aryl methyl sites for hydroxylation is 1. The van der Waals surface area contributed by atoms with Gasteiger partial charge in [0, 0.05) is 17.8 Å². The van der Waals surface area contributed by atoms with Gasteiger partial charge >= 0.3 is 0 Å². The standard InChI is InChI=1S/C15H15N3O2/c1-9-4-7-11(14(19)17-9)15(20)18-12-3-2-8-16-13(12)10-5-6-10/h2-4,7-8,10H,5-6H2,1H3,(H,17,19)(H,18,20). The van der Waals surface area contributed by atoms with Crippen LogP contribution >= 0.6 is 0 Å². The van der Waals surface area contributed by atoms with Gasteiger partial charge in [-0.2, -0.15) is 0 Å². The molecular weight excluding hydrogens is 254 g/mol. The maximum atomic E-state index is 12.2. The second-order valence-electron chi connectivity index (χ2n) is 5.05. The highest BCUT2D eigenvalue weighted by molar-refractivity contribution is 6.04. The van der Waals surface area contributed by atoms with Crippen molar-refractivity contribution in [1.29, 1.82) is 0 Å². The van der Waals surface area contributed by atoms with Gasteiger partial charge in [-0.1, -0.05) is 0 Å². The van der Waals surface area contributed by atoms with Gasteiger partial charge in [0.2, 0.25) is 0 Å². The Hall–Kier alpha value is -2.43. The Morgan fingerprint density at radius 1 is 1.35 bits per heavy atom. The van der Waals surface area contributed by atoms with Crippen LogP contribution in [-0.4, -0.2) is 15.9 Å². The van der Waals surface area contributed by atoms with Gasteiger partial charge in [-0.05, 0) is 44.0 Å². The van der Waals surface area contributed by atoms with Gasteiger partial charge in [-0.15, -0.1) is 0 Å². The van der Waals surface area contributed by atoms with E-state index in [1.807, 2.05) is 6.07 Å². The van der Waals surface area contributed by atoms with Crippen molar-refractivity contribution >= 4 is 11.6 Å². The molecule has 0 atom stereocenters. The summed E-state index contributed by atoms with van der Waals surface area (Å²) in [5, 5.41) is 2.79. The van der Waals surface area contributed by atoms with Crippen molar-refractivity contribution in [2.75, 3.05) is 5.32 Å². The Bertz CT molecular complexity index is 717. The van der Waals surface area contributed by atoms with Crippen molar-refractivity contribution < 1.29 is 4.79 Å². The van der Waals surface area contributed by atoms with E-state index in [1.54, 1.807) is 25.3 Å². The minimum atomic E-state index is -0.402. The van der Waals surface area contributed by atoms with Crippen molar-refractivity contribution in [1.82, 2.24) is 9.97 Å². The van der Waals surface area contributed by atoms with Crippen molar-refractivity contribution in [3.8, 4) is 0 Å². The Labute approximate surface area is 116 Å². The van der Waals surface area contributed by atoms with Crippen LogP contribution in [0.4, 0.5) is 5.69 Å². The number of amides is 1. The fourth-order valence-corrected chi connectivity index (χ4v) is 2.15. The van der Waals surface area contributed by atoms with Gasteiger partial charge in [0.25, 0.3) is 11.5 Å². The molecule has 1 amide bonds. The number of hydrogen-bond donors (Lipinski definition) is 2. The molecule has 0 spiro atoms. The maximum absolute atomic E-state index is 12.2. The molecule has 0 bridgehead atoms. The van der Waals surface area contributed by atoms with Gasteiger partial charge in [0.15, 0.2) is 0 Å². The lowest BCUT2D eigenvalue weighted by molar-refractivity contribution is 0.102. The molecule has 0 unspecified atom stereocenters. The number of nitrogens with one attached hydrogen (secondary N) is 2. The Kier molecular flexibility index (Phi) is 3.10. The van der Waals surface area contributed by atoms with Crippen LogP contribution in [0.5, 0.6) is 0 Å². The first-order valence-corrected chi connectivity index (χ1v) is 6.61. The average molecular weight is 269 g/mol. The number of nitrogens with zero attached hydrogens (tertiary/aromatic N) is 1. The summed E-state index contributed by atoms with van der Waals surface area (Å²) in [5.41, 5.74) is 2.07. The number of pyridine rings is 2. The molecule has 1 saturated carbocycles. The highest BCUT2D eigenvalue weighted by Crippen LogP contribution is 2.42. The van der Waals surface area contributed by atoms with Crippen LogP contribution in [0.1, 0.15) is 40.5 Å². The molecule has 0 radical (unpaired) electrons. The topological polar surface area (TPSA) is 74.8 Å². The van der Waals surface area contributed by atoms with Gasteiger partial charge in [0.1, 0.15) is 5.56 Å². The van der Waals surface area contributed by atoms with E-state index >= 15 is 0 Å². The number of hydrogen-bond acceptors (Lipinski definition) is 3. The lowest BCUT2D eigenvalue weighted by Crippen LogP contribution is -2.23. The quantitative estimate of drug-likeness (QED) is 0.897. The minimum Gasteiger partial charge on any atom is -0.326 e. The largest absolute Gasteiger partial charge is 0.326 e. The summed E-state index contributed by atoms with van der Waals surface area (Å²) in [5.74, 6) is 0.0314. The molecule has 1 aliphatic rings. The molecule has 0 aromatic carbocycles. The molecule has 5 nitrogen and oxygen atoms in total. The minimum absolute atomic E-state index is 0.112. The molecule has 0 saturated heterocycles. The number of H-pyrrole nitrogens is 1. The van der Waals surface area contributed by atoms with E-state index in [2.05, 4.69) is 15.3 Å². The summed E-state index contributed by atoms with van der Waals surface area (Å²) >= 11 is 0. The third-order valence-electron chi connectivity index (χ3n) is 3.35. The first kappa shape index (κ1) is 12.6. The number of carbonyl (C=O) groups excluding carboxylic acids is 1. The van der Waals surface area contributed by atoms with Crippen LogP contribution in [-0.2, 0) is 0 Å². The molecule has 2 N–H and O–H groups in total. The predicted octanol–water partition coefficient (Wildman–Crippen LogP) is 2.21. The summed E-state index contributed by atoms with van der Waals surface area (Å²) < 4.78 is 0. The van der Waals surface area contributed by atoms with Crippen LogP contribution in [0.2, 0.25) is 0 Å². The Balaban J connectivity index is 1.87. The first-order valence-electron chi connectivity index (χ1n) is 6.61. The van der Waals surface area contributed by atoms with Crippen LogP contribution in [0.25, 0.3) is 0 Å². The molecule has 2 heterocycles. The SMILES string of the molecule is Cc1ccc(C(=O)Nc2cccnc2C2CC2)c(=O)[nH]1. The zero-order chi connectivity index (χ0) is 14.1. The smallest absolute Gasteiger partial charge is 0.261 e. The van der Waals surface area contributed by atoms with Gasteiger partial charge in [-0.25, -0.2) is 0 Å². The lowest BCUT2D eigenvalue weighted by Gasteiger charge is -2.09. The second kappa shape index (κ2) is 4.92. The summed E-state index contributed by atoms with van der Waals surface area (Å²) in [6.07, 6.45) is 3.93. The van der Waals surface area contributed by atoms with Crippen LogP contribution in [0.15, 0.2) is 35.3 Å². The normalized spacial score (nSPS) is 14.1. The molecular formula is C15H15N3O2. The van der Waals surface area contributed by atoms with E-state index in [1.165, 1.54) is 6.07 Å². The summed E-state index contributed by atoms with van der Waals surface area (Å²) in [7, 11) is 0. The highest BCUT2D eigenvalue weighted by Gasteiger charge is 2.28. The van der Waals surface area contributed by atoms with Gasteiger partial charge in [0.05, 0.1) is 11.4 Å².